The van der Waals surface area contributed by atoms with E-state index < -0.39 is 0 Å². The third-order valence-electron chi connectivity index (χ3n) is 5.94. The number of fused-ring (bicyclic) bond motifs is 2. The molecule has 103 valence electrons. The van der Waals surface area contributed by atoms with E-state index in [-0.39, 0.29) is 15.5 Å². The molecular formula is C15H29BPS. The van der Waals surface area contributed by atoms with Gasteiger partial charge in [0.15, 0.2) is 0 Å². The third-order valence-corrected chi connectivity index (χ3v) is 12.5. The first kappa shape index (κ1) is 16.9. The largest absolute Gasteiger partial charge is 0.130 e. The summed E-state index contributed by atoms with van der Waals surface area (Å²) in [5.41, 5.74) is 1.18. The number of rotatable bonds is 2. The van der Waals surface area contributed by atoms with E-state index in [1.54, 1.807) is 0 Å². The summed E-state index contributed by atoms with van der Waals surface area (Å²) < 4.78 is 0. The van der Waals surface area contributed by atoms with Crippen molar-refractivity contribution in [2.24, 2.45) is 16.7 Å². The lowest BCUT2D eigenvalue weighted by Gasteiger charge is -2.41. The minimum absolute atomic E-state index is 0. The minimum atomic E-state index is 0. The van der Waals surface area contributed by atoms with Gasteiger partial charge in [0.1, 0.15) is 0 Å². The number of hydrogen-bond donors (Lipinski definition) is 0. The minimum Gasteiger partial charge on any atom is -0.130 e. The van der Waals surface area contributed by atoms with Crippen LogP contribution in [0.4, 0.5) is 0 Å². The highest BCUT2D eigenvalue weighted by atomic mass is 32.7. The fourth-order valence-corrected chi connectivity index (χ4v) is 8.36. The summed E-state index contributed by atoms with van der Waals surface area (Å²) in [6.45, 7) is 17.3. The molecule has 0 amide bonds. The molecule has 0 N–H and O–H groups in total. The average molecular weight is 283 g/mol. The molecule has 2 saturated carbocycles. The zero-order valence-electron chi connectivity index (χ0n) is 13.2. The predicted molar refractivity (Wildman–Crippen MR) is 89.0 cm³/mol. The van der Waals surface area contributed by atoms with Gasteiger partial charge in [-0.25, -0.2) is 0 Å². The molecule has 3 heteroatoms. The summed E-state index contributed by atoms with van der Waals surface area (Å²) in [7, 11) is 0.0990. The second kappa shape index (κ2) is 4.99. The Morgan fingerprint density at radius 2 is 1.72 bits per heavy atom. The monoisotopic (exact) mass is 283 g/mol. The molecular weight excluding hydrogens is 254 g/mol. The summed E-state index contributed by atoms with van der Waals surface area (Å²) in [5.74, 6) is 0.994. The molecule has 0 aromatic heterocycles. The Labute approximate surface area is 122 Å². The van der Waals surface area contributed by atoms with Crippen molar-refractivity contribution in [2.45, 2.75) is 71.2 Å². The standard InChI is InChI=1S/C15H29PS.B/c1-13(2,3)16(7)17-12-10-11-8-9-15(12,6)14(11,4)5;/h11-12H,8-10H2,1-7H3;/t11-,12-,15+,16-;/m1./s1. The molecule has 18 heavy (non-hydrogen) atoms. The lowest BCUT2D eigenvalue weighted by atomic mass is 9.71. The fourth-order valence-electron chi connectivity index (χ4n) is 3.64. The third kappa shape index (κ3) is 2.42. The predicted octanol–water partition coefficient (Wildman–Crippen LogP) is 5.38. The van der Waals surface area contributed by atoms with E-state index in [0.717, 1.165) is 11.2 Å². The second-order valence-electron chi connectivity index (χ2n) is 7.87. The van der Waals surface area contributed by atoms with Crippen LogP contribution in [0.25, 0.3) is 0 Å². The lowest BCUT2D eigenvalue weighted by molar-refractivity contribution is 0.157. The van der Waals surface area contributed by atoms with E-state index in [1.165, 1.54) is 19.3 Å². The van der Waals surface area contributed by atoms with E-state index in [9.17, 15) is 0 Å². The lowest BCUT2D eigenvalue weighted by Crippen LogP contribution is -2.34. The van der Waals surface area contributed by atoms with Gasteiger partial charge in [-0.1, -0.05) is 41.5 Å². The summed E-state index contributed by atoms with van der Waals surface area (Å²) >= 11 is 2.34. The van der Waals surface area contributed by atoms with Crippen LogP contribution in [-0.2, 0) is 0 Å². The summed E-state index contributed by atoms with van der Waals surface area (Å²) in [6.07, 6.45) is 4.43. The van der Waals surface area contributed by atoms with Gasteiger partial charge in [-0.15, -0.1) is 11.4 Å². The molecule has 0 nitrogen and oxygen atoms in total. The normalized spacial score (nSPS) is 39.5. The fraction of sp³-hybridized carbons (Fsp3) is 1.00. The van der Waals surface area contributed by atoms with Gasteiger partial charge in [0.2, 0.25) is 0 Å². The molecule has 4 atom stereocenters. The highest BCUT2D eigenvalue weighted by molar-refractivity contribution is 8.56. The van der Waals surface area contributed by atoms with Gasteiger partial charge in [0.05, 0.1) is 0 Å². The second-order valence-corrected chi connectivity index (χ2v) is 13.3. The van der Waals surface area contributed by atoms with Gasteiger partial charge < -0.3 is 0 Å². The van der Waals surface area contributed by atoms with Crippen LogP contribution in [0.1, 0.15) is 60.8 Å². The van der Waals surface area contributed by atoms with Crippen LogP contribution in [0.3, 0.4) is 0 Å². The van der Waals surface area contributed by atoms with E-state index in [4.69, 9.17) is 0 Å². The highest BCUT2D eigenvalue weighted by Crippen LogP contribution is 2.73. The van der Waals surface area contributed by atoms with E-state index >= 15 is 0 Å². The average Bonchev–Trinajstić information content (AvgIpc) is 2.49. The molecule has 0 aromatic carbocycles. The van der Waals surface area contributed by atoms with Crippen molar-refractivity contribution in [1.82, 2.24) is 0 Å². The van der Waals surface area contributed by atoms with E-state index in [0.29, 0.717) is 16.0 Å². The van der Waals surface area contributed by atoms with Crippen molar-refractivity contribution in [3.05, 3.63) is 0 Å². The van der Waals surface area contributed by atoms with Gasteiger partial charge in [-0.05, 0) is 55.0 Å². The van der Waals surface area contributed by atoms with Gasteiger partial charge in [-0.2, -0.15) is 0 Å². The van der Waals surface area contributed by atoms with Crippen molar-refractivity contribution in [2.75, 3.05) is 6.66 Å². The molecule has 0 aliphatic heterocycles. The summed E-state index contributed by atoms with van der Waals surface area (Å²) in [5, 5.41) is 1.43. The molecule has 2 aliphatic rings. The van der Waals surface area contributed by atoms with Crippen molar-refractivity contribution >= 4 is 26.9 Å². The smallest absolute Gasteiger partial charge is 0.0151 e. The van der Waals surface area contributed by atoms with Crippen LogP contribution >= 0.6 is 18.5 Å². The first-order chi connectivity index (χ1) is 7.59. The molecule has 2 aliphatic carbocycles. The van der Waals surface area contributed by atoms with Gasteiger partial charge in [0.25, 0.3) is 0 Å². The quantitative estimate of drug-likeness (QED) is 0.484. The Morgan fingerprint density at radius 1 is 1.17 bits per heavy atom. The summed E-state index contributed by atoms with van der Waals surface area (Å²) in [4.78, 5) is 0. The molecule has 2 fully saturated rings. The molecule has 0 saturated heterocycles. The number of hydrogen-bond acceptors (Lipinski definition) is 1. The Morgan fingerprint density at radius 3 is 2.06 bits per heavy atom. The molecule has 3 radical (unpaired) electrons. The van der Waals surface area contributed by atoms with Crippen LogP contribution in [0.2, 0.25) is 0 Å². The van der Waals surface area contributed by atoms with E-state index in [1.807, 2.05) is 0 Å². The molecule has 0 unspecified atom stereocenters. The highest BCUT2D eigenvalue weighted by Gasteiger charge is 2.61. The van der Waals surface area contributed by atoms with Crippen molar-refractivity contribution in [3.8, 4) is 0 Å². The summed E-state index contributed by atoms with van der Waals surface area (Å²) in [6, 6.07) is 0. The van der Waals surface area contributed by atoms with Crippen molar-refractivity contribution < 1.29 is 0 Å². The van der Waals surface area contributed by atoms with Gasteiger partial charge in [-0.3, -0.25) is 0 Å². The topological polar surface area (TPSA) is 0 Å². The molecule has 2 bridgehead atoms. The molecule has 0 aromatic rings. The maximum absolute atomic E-state index is 2.57. The van der Waals surface area contributed by atoms with Crippen molar-refractivity contribution in [1.29, 1.82) is 0 Å². The maximum Gasteiger partial charge on any atom is 0.0151 e. The zero-order valence-corrected chi connectivity index (χ0v) is 14.9. The van der Waals surface area contributed by atoms with Gasteiger partial charge in [0, 0.05) is 13.7 Å². The maximum atomic E-state index is 2.57. The van der Waals surface area contributed by atoms with E-state index in [2.05, 4.69) is 59.6 Å². The SMILES string of the molecule is C[P@@](S[C@@H]1C[C@H]2CC[C@]1(C)C2(C)C)C(C)(C)C.[B]. The van der Waals surface area contributed by atoms with Crippen LogP contribution < -0.4 is 0 Å². The van der Waals surface area contributed by atoms with Crippen LogP contribution in [0.15, 0.2) is 0 Å². The molecule has 0 heterocycles. The van der Waals surface area contributed by atoms with Crippen LogP contribution in [0.5, 0.6) is 0 Å². The van der Waals surface area contributed by atoms with Gasteiger partial charge >= 0.3 is 0 Å². The molecule has 0 spiro atoms. The zero-order chi connectivity index (χ0) is 13.1. The first-order valence-corrected chi connectivity index (χ1v) is 10.3. The van der Waals surface area contributed by atoms with Crippen LogP contribution in [-0.4, -0.2) is 25.5 Å². The van der Waals surface area contributed by atoms with Crippen molar-refractivity contribution in [3.63, 3.8) is 0 Å². The first-order valence-electron chi connectivity index (χ1n) is 6.99. The molecule has 2 rings (SSSR count). The Kier molecular flexibility index (Phi) is 4.69. The Hall–Kier alpha value is 0.845. The van der Waals surface area contributed by atoms with Crippen LogP contribution in [0, 0.1) is 16.7 Å². The Bertz CT molecular complexity index is 310. The Balaban J connectivity index is 0.00000162.